The van der Waals surface area contributed by atoms with Gasteiger partial charge in [-0.15, -0.1) is 12.4 Å². The van der Waals surface area contributed by atoms with Crippen LogP contribution in [0, 0.1) is 6.92 Å². The molecular weight excluding hydrogens is 318 g/mol. The van der Waals surface area contributed by atoms with E-state index in [1.807, 2.05) is 17.9 Å². The second kappa shape index (κ2) is 7.90. The normalized spacial score (nSPS) is 21.7. The average molecular weight is 342 g/mol. The molecule has 8 heteroatoms. The Hall–Kier alpha value is -1.44. The first kappa shape index (κ1) is 17.9. The highest BCUT2D eigenvalue weighted by Crippen LogP contribution is 2.20. The molecule has 1 aromatic heterocycles. The zero-order valence-corrected chi connectivity index (χ0v) is 14.4. The van der Waals surface area contributed by atoms with Crippen molar-refractivity contribution in [2.45, 2.75) is 19.9 Å². The molecule has 0 spiro atoms. The number of aryl methyl sites for hydroxylation is 1. The van der Waals surface area contributed by atoms with Crippen LogP contribution >= 0.6 is 12.4 Å². The number of amides is 1. The predicted molar refractivity (Wildman–Crippen MR) is 90.0 cm³/mol. The van der Waals surface area contributed by atoms with Crippen molar-refractivity contribution in [3.05, 3.63) is 17.6 Å². The molecule has 128 valence electrons. The first-order valence-corrected chi connectivity index (χ1v) is 7.80. The Kier molecular flexibility index (Phi) is 6.15. The maximum absolute atomic E-state index is 11.4. The maximum Gasteiger partial charge on any atom is 0.219 e. The van der Waals surface area contributed by atoms with Crippen LogP contribution in [0.5, 0.6) is 0 Å². The van der Waals surface area contributed by atoms with E-state index in [1.165, 1.54) is 0 Å². The van der Waals surface area contributed by atoms with Crippen molar-refractivity contribution in [2.24, 2.45) is 0 Å². The van der Waals surface area contributed by atoms with Gasteiger partial charge in [0.05, 0.1) is 24.9 Å². The quantitative estimate of drug-likeness (QED) is 0.846. The molecule has 7 nitrogen and oxygen atoms in total. The maximum atomic E-state index is 11.4. The second-order valence-electron chi connectivity index (χ2n) is 5.77. The average Bonchev–Trinajstić information content (AvgIpc) is 2.55. The third kappa shape index (κ3) is 4.31. The van der Waals surface area contributed by atoms with Crippen LogP contribution in [0.3, 0.4) is 0 Å². The minimum absolute atomic E-state index is 0. The monoisotopic (exact) mass is 341 g/mol. The van der Waals surface area contributed by atoms with Gasteiger partial charge in [0.1, 0.15) is 11.6 Å². The number of aromatic nitrogens is 2. The first-order chi connectivity index (χ1) is 10.6. The molecule has 3 heterocycles. The van der Waals surface area contributed by atoms with E-state index in [2.05, 4.69) is 20.2 Å². The Morgan fingerprint density at radius 2 is 2.04 bits per heavy atom. The summed E-state index contributed by atoms with van der Waals surface area (Å²) in [4.78, 5) is 24.6. The minimum atomic E-state index is 0. The molecule has 1 N–H and O–H groups in total. The summed E-state index contributed by atoms with van der Waals surface area (Å²) < 4.78 is 5.52. The Morgan fingerprint density at radius 3 is 2.65 bits per heavy atom. The van der Waals surface area contributed by atoms with Crippen LogP contribution in [-0.4, -0.2) is 66.7 Å². The third-order valence-corrected chi connectivity index (χ3v) is 4.17. The lowest BCUT2D eigenvalue weighted by Crippen LogP contribution is -2.48. The lowest BCUT2D eigenvalue weighted by Gasteiger charge is -2.35. The van der Waals surface area contributed by atoms with Gasteiger partial charge in [-0.3, -0.25) is 4.79 Å². The lowest BCUT2D eigenvalue weighted by atomic mass is 10.2. The topological polar surface area (TPSA) is 70.6 Å². The van der Waals surface area contributed by atoms with Gasteiger partial charge >= 0.3 is 0 Å². The molecule has 0 saturated carbocycles. The van der Waals surface area contributed by atoms with Gasteiger partial charge in [-0.25, -0.2) is 9.97 Å². The summed E-state index contributed by atoms with van der Waals surface area (Å²) in [5, 5.41) is 3.43. The lowest BCUT2D eigenvalue weighted by molar-refractivity contribution is -0.129. The molecular formula is C15H24ClN5O2. The fourth-order valence-corrected chi connectivity index (χ4v) is 2.92. The van der Waals surface area contributed by atoms with E-state index in [1.54, 1.807) is 6.92 Å². The molecule has 1 atom stereocenters. The van der Waals surface area contributed by atoms with Crippen LogP contribution in [0.1, 0.15) is 24.5 Å². The summed E-state index contributed by atoms with van der Waals surface area (Å²) in [7, 11) is 0. The molecule has 2 aliphatic rings. The zero-order valence-electron chi connectivity index (χ0n) is 13.6. The van der Waals surface area contributed by atoms with E-state index in [-0.39, 0.29) is 24.4 Å². The number of carbonyl (C=O) groups excluding carboxylic acids is 1. The van der Waals surface area contributed by atoms with Crippen LogP contribution in [0.25, 0.3) is 0 Å². The van der Waals surface area contributed by atoms with Gasteiger partial charge in [-0.1, -0.05) is 0 Å². The van der Waals surface area contributed by atoms with Gasteiger partial charge in [0.25, 0.3) is 0 Å². The van der Waals surface area contributed by atoms with Crippen LogP contribution < -0.4 is 10.2 Å². The Balaban J connectivity index is 0.00000192. The van der Waals surface area contributed by atoms with E-state index in [0.29, 0.717) is 6.61 Å². The van der Waals surface area contributed by atoms with Crippen molar-refractivity contribution in [2.75, 3.05) is 50.8 Å². The molecule has 0 bridgehead atoms. The number of nitrogens with zero attached hydrogens (tertiary/aromatic N) is 4. The van der Waals surface area contributed by atoms with Gasteiger partial charge in [0.2, 0.25) is 5.91 Å². The number of halogens is 1. The number of hydrogen-bond donors (Lipinski definition) is 1. The van der Waals surface area contributed by atoms with Crippen LogP contribution in [0.4, 0.5) is 5.82 Å². The number of anilines is 1. The van der Waals surface area contributed by atoms with E-state index in [0.717, 1.165) is 56.7 Å². The van der Waals surface area contributed by atoms with E-state index in [9.17, 15) is 4.79 Å². The molecule has 0 aliphatic carbocycles. The standard InChI is InChI=1S/C15H23N5O2.ClH/c1-11-17-13(14-10-22-8-3-16-14)9-15(18-11)20-6-4-19(5-7-20)12(2)21;/h9,14,16H,3-8,10H2,1-2H3;1H. The molecule has 3 rings (SSSR count). The Bertz CT molecular complexity index is 543. The molecule has 1 unspecified atom stereocenters. The number of nitrogens with one attached hydrogen (secondary N) is 1. The van der Waals surface area contributed by atoms with Crippen LogP contribution in [-0.2, 0) is 9.53 Å². The van der Waals surface area contributed by atoms with Crippen LogP contribution in [0.15, 0.2) is 6.07 Å². The summed E-state index contributed by atoms with van der Waals surface area (Å²) in [6.07, 6.45) is 0. The molecule has 2 aliphatic heterocycles. The fourth-order valence-electron chi connectivity index (χ4n) is 2.92. The Morgan fingerprint density at radius 1 is 1.30 bits per heavy atom. The van der Waals surface area contributed by atoms with Crippen molar-refractivity contribution in [3.8, 4) is 0 Å². The molecule has 0 aromatic carbocycles. The SMILES string of the molecule is CC(=O)N1CCN(c2cc(C3COCCN3)nc(C)n2)CC1.Cl. The molecule has 1 amide bonds. The van der Waals surface area contributed by atoms with Crippen molar-refractivity contribution >= 4 is 24.1 Å². The number of carbonyl (C=O) groups is 1. The van der Waals surface area contributed by atoms with Crippen LogP contribution in [0.2, 0.25) is 0 Å². The van der Waals surface area contributed by atoms with Gasteiger partial charge in [-0.2, -0.15) is 0 Å². The summed E-state index contributed by atoms with van der Waals surface area (Å²) in [5.41, 5.74) is 0.983. The number of ether oxygens (including phenoxy) is 1. The van der Waals surface area contributed by atoms with E-state index < -0.39 is 0 Å². The number of hydrogen-bond acceptors (Lipinski definition) is 6. The number of piperazine rings is 1. The first-order valence-electron chi connectivity index (χ1n) is 7.80. The molecule has 2 saturated heterocycles. The number of rotatable bonds is 2. The van der Waals surface area contributed by atoms with Crippen molar-refractivity contribution in [3.63, 3.8) is 0 Å². The highest BCUT2D eigenvalue weighted by atomic mass is 35.5. The highest BCUT2D eigenvalue weighted by molar-refractivity contribution is 5.85. The second-order valence-corrected chi connectivity index (χ2v) is 5.77. The van der Waals surface area contributed by atoms with E-state index in [4.69, 9.17) is 4.74 Å². The summed E-state index contributed by atoms with van der Waals surface area (Å²) in [6, 6.07) is 2.18. The molecule has 2 fully saturated rings. The summed E-state index contributed by atoms with van der Waals surface area (Å²) in [5.74, 6) is 1.86. The Labute approximate surface area is 142 Å². The summed E-state index contributed by atoms with van der Waals surface area (Å²) >= 11 is 0. The summed E-state index contributed by atoms with van der Waals surface area (Å²) in [6.45, 7) is 8.90. The van der Waals surface area contributed by atoms with Gasteiger partial charge in [0, 0.05) is 45.7 Å². The van der Waals surface area contributed by atoms with Gasteiger partial charge in [0.15, 0.2) is 0 Å². The van der Waals surface area contributed by atoms with Gasteiger partial charge < -0.3 is 19.9 Å². The minimum Gasteiger partial charge on any atom is -0.378 e. The van der Waals surface area contributed by atoms with Crippen molar-refractivity contribution in [1.82, 2.24) is 20.2 Å². The predicted octanol–water partition coefficient (Wildman–Crippen LogP) is 0.536. The molecule has 23 heavy (non-hydrogen) atoms. The van der Waals surface area contributed by atoms with E-state index >= 15 is 0 Å². The van der Waals surface area contributed by atoms with Crippen molar-refractivity contribution < 1.29 is 9.53 Å². The molecule has 0 radical (unpaired) electrons. The highest BCUT2D eigenvalue weighted by Gasteiger charge is 2.22. The fraction of sp³-hybridized carbons (Fsp3) is 0.667. The van der Waals surface area contributed by atoms with Crippen molar-refractivity contribution in [1.29, 1.82) is 0 Å². The van der Waals surface area contributed by atoms with Gasteiger partial charge in [-0.05, 0) is 6.92 Å². The molecule has 1 aromatic rings. The largest absolute Gasteiger partial charge is 0.378 e. The smallest absolute Gasteiger partial charge is 0.219 e. The third-order valence-electron chi connectivity index (χ3n) is 4.17. The number of morpholine rings is 1. The zero-order chi connectivity index (χ0) is 15.5.